The third-order valence-corrected chi connectivity index (χ3v) is 9.83. The van der Waals surface area contributed by atoms with Gasteiger partial charge < -0.3 is 15.0 Å². The van der Waals surface area contributed by atoms with Crippen LogP contribution >= 0.6 is 0 Å². The van der Waals surface area contributed by atoms with Crippen LogP contribution in [0.25, 0.3) is 22.0 Å². The van der Waals surface area contributed by atoms with E-state index in [0.29, 0.717) is 35.6 Å². The van der Waals surface area contributed by atoms with Crippen LogP contribution in [0.15, 0.2) is 90.1 Å². The Morgan fingerprint density at radius 3 is 2.49 bits per heavy atom. The predicted octanol–water partition coefficient (Wildman–Crippen LogP) is 5.48. The zero-order valence-corrected chi connectivity index (χ0v) is 25.4. The number of amides is 1. The van der Waals surface area contributed by atoms with Crippen LogP contribution in [-0.4, -0.2) is 54.9 Å². The Kier molecular flexibility index (Phi) is 8.75. The molecular formula is C34H32F2N4O4S. The molecule has 1 aliphatic rings. The van der Waals surface area contributed by atoms with Crippen molar-refractivity contribution in [3.63, 3.8) is 0 Å². The van der Waals surface area contributed by atoms with Crippen molar-refractivity contribution in [2.24, 2.45) is 0 Å². The third kappa shape index (κ3) is 6.80. The monoisotopic (exact) mass is 630 g/mol. The van der Waals surface area contributed by atoms with Crippen molar-refractivity contribution in [1.82, 2.24) is 19.6 Å². The summed E-state index contributed by atoms with van der Waals surface area (Å²) in [5.74, 6) is -1.73. The predicted molar refractivity (Wildman–Crippen MR) is 167 cm³/mol. The van der Waals surface area contributed by atoms with Crippen LogP contribution in [0.3, 0.4) is 0 Å². The molecule has 0 aliphatic carbocycles. The van der Waals surface area contributed by atoms with Gasteiger partial charge in [0.2, 0.25) is 15.9 Å². The maximum atomic E-state index is 14.2. The van der Waals surface area contributed by atoms with E-state index in [0.717, 1.165) is 28.1 Å². The van der Waals surface area contributed by atoms with E-state index in [1.54, 1.807) is 42.7 Å². The summed E-state index contributed by atoms with van der Waals surface area (Å²) in [6, 6.07) is 18.5. The van der Waals surface area contributed by atoms with Gasteiger partial charge in [0.25, 0.3) is 0 Å². The van der Waals surface area contributed by atoms with Gasteiger partial charge in [0.05, 0.1) is 36.3 Å². The highest BCUT2D eigenvalue weighted by atomic mass is 32.2. The van der Waals surface area contributed by atoms with E-state index in [1.807, 2.05) is 31.2 Å². The summed E-state index contributed by atoms with van der Waals surface area (Å²) >= 11 is 0. The zero-order valence-electron chi connectivity index (χ0n) is 24.6. The fraction of sp³-hybridized carbons (Fsp3) is 0.235. The number of morpholine rings is 1. The molecule has 1 aliphatic heterocycles. The molecule has 1 fully saturated rings. The molecule has 5 aromatic rings. The second kappa shape index (κ2) is 12.9. The maximum Gasteiger partial charge on any atom is 0.243 e. The second-order valence-corrected chi connectivity index (χ2v) is 13.1. The lowest BCUT2D eigenvalue weighted by atomic mass is 9.95. The van der Waals surface area contributed by atoms with Gasteiger partial charge in [-0.15, -0.1) is 0 Å². The molecule has 3 aromatic carbocycles. The molecular weight excluding hydrogens is 598 g/mol. The van der Waals surface area contributed by atoms with Crippen molar-refractivity contribution < 1.29 is 26.7 Å². The van der Waals surface area contributed by atoms with Crippen LogP contribution in [0.4, 0.5) is 8.78 Å². The fourth-order valence-corrected chi connectivity index (χ4v) is 7.13. The first-order valence-electron chi connectivity index (χ1n) is 14.6. The molecule has 0 unspecified atom stereocenters. The molecule has 2 N–H and O–H groups in total. The number of halogens is 2. The molecule has 0 radical (unpaired) electrons. The molecule has 1 amide bonds. The minimum Gasteiger partial charge on any atom is -0.379 e. The van der Waals surface area contributed by atoms with Crippen molar-refractivity contribution in [1.29, 1.82) is 0 Å². The Hall–Kier alpha value is -4.45. The molecule has 6 rings (SSSR count). The van der Waals surface area contributed by atoms with Gasteiger partial charge >= 0.3 is 0 Å². The number of rotatable bonds is 9. The molecule has 1 saturated heterocycles. The summed E-state index contributed by atoms with van der Waals surface area (Å²) in [4.78, 5) is 21.5. The molecule has 232 valence electrons. The molecule has 0 spiro atoms. The maximum absolute atomic E-state index is 14.2. The number of sulfonamides is 1. The smallest absolute Gasteiger partial charge is 0.243 e. The number of fused-ring (bicyclic) bond motifs is 1. The molecule has 3 heterocycles. The lowest BCUT2D eigenvalue weighted by Crippen LogP contribution is -2.40. The summed E-state index contributed by atoms with van der Waals surface area (Å²) in [5, 5.41) is 4.00. The molecule has 0 bridgehead atoms. The number of ether oxygens (including phenoxy) is 1. The first kappa shape index (κ1) is 30.6. The van der Waals surface area contributed by atoms with Gasteiger partial charge in [-0.2, -0.15) is 4.31 Å². The molecule has 0 saturated carbocycles. The van der Waals surface area contributed by atoms with Crippen LogP contribution in [0.1, 0.15) is 28.4 Å². The number of benzene rings is 3. The highest BCUT2D eigenvalue weighted by molar-refractivity contribution is 7.89. The molecule has 11 heteroatoms. The van der Waals surface area contributed by atoms with Gasteiger partial charge in [-0.1, -0.05) is 29.8 Å². The standard InChI is InChI=1S/C34H32F2N4O4S/c1-22-4-9-31-30(15-22)25(21-38-31)19-33(41)39-32(18-23-16-26(35)20-27(36)17-23)34-29(3-2-10-37-34)24-5-7-28(8-6-24)45(42,43)40-11-13-44-14-12-40/h2-10,15-17,20-21,32,38H,11-14,18-19H2,1H3,(H,39,41)/t32-/m0/s1. The molecule has 45 heavy (non-hydrogen) atoms. The lowest BCUT2D eigenvalue weighted by Gasteiger charge is -2.26. The number of nitrogens with zero attached hydrogens (tertiary/aromatic N) is 2. The number of aromatic amines is 1. The van der Waals surface area contributed by atoms with Crippen LogP contribution < -0.4 is 5.32 Å². The summed E-state index contributed by atoms with van der Waals surface area (Å²) in [6.45, 7) is 3.25. The van der Waals surface area contributed by atoms with Crippen LogP contribution in [0.5, 0.6) is 0 Å². The first-order valence-corrected chi connectivity index (χ1v) is 16.1. The number of hydrogen-bond donors (Lipinski definition) is 2. The van der Waals surface area contributed by atoms with E-state index in [9.17, 15) is 22.0 Å². The SMILES string of the molecule is Cc1ccc2[nH]cc(CC(=O)N[C@@H](Cc3cc(F)cc(F)c3)c3ncccc3-c3ccc(S(=O)(=O)N4CCOCC4)cc3)c2c1. The minimum atomic E-state index is -3.69. The van der Waals surface area contributed by atoms with Gasteiger partial charge in [0, 0.05) is 48.0 Å². The summed E-state index contributed by atoms with van der Waals surface area (Å²) < 4.78 is 61.4. The number of aromatic nitrogens is 2. The average Bonchev–Trinajstić information content (AvgIpc) is 3.42. The van der Waals surface area contributed by atoms with E-state index in [4.69, 9.17) is 4.74 Å². The largest absolute Gasteiger partial charge is 0.379 e. The quantitative estimate of drug-likeness (QED) is 0.225. The Labute approximate surface area is 260 Å². The van der Waals surface area contributed by atoms with Crippen molar-refractivity contribution in [2.45, 2.75) is 30.7 Å². The molecule has 1 atom stereocenters. The van der Waals surface area contributed by atoms with Crippen molar-refractivity contribution in [3.05, 3.63) is 119 Å². The van der Waals surface area contributed by atoms with Crippen molar-refractivity contribution in [3.8, 4) is 11.1 Å². The van der Waals surface area contributed by atoms with E-state index < -0.39 is 27.7 Å². The van der Waals surface area contributed by atoms with Gasteiger partial charge in [-0.25, -0.2) is 17.2 Å². The normalized spacial score (nSPS) is 14.8. The van der Waals surface area contributed by atoms with Gasteiger partial charge in [-0.05, 0) is 72.5 Å². The second-order valence-electron chi connectivity index (χ2n) is 11.1. The number of nitrogens with one attached hydrogen (secondary N) is 2. The summed E-state index contributed by atoms with van der Waals surface area (Å²) in [6.07, 6.45) is 3.54. The van der Waals surface area contributed by atoms with E-state index >= 15 is 0 Å². The minimum absolute atomic E-state index is 0.0704. The highest BCUT2D eigenvalue weighted by Crippen LogP contribution is 2.31. The van der Waals surface area contributed by atoms with Crippen LogP contribution in [0.2, 0.25) is 0 Å². The van der Waals surface area contributed by atoms with Crippen molar-refractivity contribution >= 4 is 26.8 Å². The highest BCUT2D eigenvalue weighted by Gasteiger charge is 2.27. The number of hydrogen-bond acceptors (Lipinski definition) is 5. The number of carbonyl (C=O) groups is 1. The van der Waals surface area contributed by atoms with E-state index in [2.05, 4.69) is 15.3 Å². The number of H-pyrrole nitrogens is 1. The summed E-state index contributed by atoms with van der Waals surface area (Å²) in [7, 11) is -3.69. The Morgan fingerprint density at radius 2 is 1.76 bits per heavy atom. The average molecular weight is 631 g/mol. The van der Waals surface area contributed by atoms with Gasteiger partial charge in [0.1, 0.15) is 11.6 Å². The topological polar surface area (TPSA) is 104 Å². The Balaban J connectivity index is 1.32. The molecule has 8 nitrogen and oxygen atoms in total. The number of carbonyl (C=O) groups excluding carboxylic acids is 1. The lowest BCUT2D eigenvalue weighted by molar-refractivity contribution is -0.121. The zero-order chi connectivity index (χ0) is 31.6. The van der Waals surface area contributed by atoms with E-state index in [1.165, 1.54) is 16.4 Å². The summed E-state index contributed by atoms with van der Waals surface area (Å²) in [5.41, 5.74) is 4.96. The first-order chi connectivity index (χ1) is 21.7. The van der Waals surface area contributed by atoms with Crippen LogP contribution in [0, 0.1) is 18.6 Å². The van der Waals surface area contributed by atoms with Crippen molar-refractivity contribution in [2.75, 3.05) is 26.3 Å². The fourth-order valence-electron chi connectivity index (χ4n) is 5.72. The molecule has 2 aromatic heterocycles. The van der Waals surface area contributed by atoms with Gasteiger partial charge in [0.15, 0.2) is 0 Å². The van der Waals surface area contributed by atoms with Gasteiger partial charge in [-0.3, -0.25) is 9.78 Å². The number of aryl methyl sites for hydroxylation is 1. The number of pyridine rings is 1. The van der Waals surface area contributed by atoms with E-state index in [-0.39, 0.29) is 36.7 Å². The third-order valence-electron chi connectivity index (χ3n) is 7.91. The van der Waals surface area contributed by atoms with Crippen LogP contribution in [-0.2, 0) is 32.4 Å². The Morgan fingerprint density at radius 1 is 1.02 bits per heavy atom. The Bertz CT molecular complexity index is 1930.